The normalized spacial score (nSPS) is 20.4. The largest absolute Gasteiger partial charge is 0.394 e. The number of rotatable bonds is 3. The Hall–Kier alpha value is -1.39. The fourth-order valence-corrected chi connectivity index (χ4v) is 2.41. The molecule has 1 aliphatic heterocycles. The summed E-state index contributed by atoms with van der Waals surface area (Å²) < 4.78 is 5.32. The summed E-state index contributed by atoms with van der Waals surface area (Å²) in [6, 6.07) is 9.51. The number of nitrogens with zero attached hydrogens (tertiary/aromatic N) is 1. The Morgan fingerprint density at radius 3 is 2.74 bits per heavy atom. The minimum Gasteiger partial charge on any atom is -0.394 e. The molecule has 104 valence electrons. The molecule has 1 aromatic carbocycles. The molecule has 2 rings (SSSR count). The Morgan fingerprint density at radius 1 is 1.42 bits per heavy atom. The molecule has 1 N–H and O–H groups in total. The number of carbonyl (C=O) groups excluding carboxylic acids is 1. The van der Waals surface area contributed by atoms with Crippen molar-refractivity contribution in [2.24, 2.45) is 0 Å². The summed E-state index contributed by atoms with van der Waals surface area (Å²) in [7, 11) is 0. The molecular formula is C15H21NO3. The van der Waals surface area contributed by atoms with E-state index in [1.165, 1.54) is 0 Å². The molecule has 1 aromatic rings. The minimum atomic E-state index is -0.591. The van der Waals surface area contributed by atoms with E-state index in [-0.39, 0.29) is 18.6 Å². The van der Waals surface area contributed by atoms with Crippen LogP contribution >= 0.6 is 0 Å². The van der Waals surface area contributed by atoms with E-state index in [4.69, 9.17) is 4.74 Å². The maximum absolute atomic E-state index is 12.7. The van der Waals surface area contributed by atoms with Gasteiger partial charge in [-0.2, -0.15) is 0 Å². The molecule has 0 bridgehead atoms. The smallest absolute Gasteiger partial charge is 0.233 e. The highest BCUT2D eigenvalue weighted by molar-refractivity contribution is 5.87. The lowest BCUT2D eigenvalue weighted by atomic mass is 9.82. The van der Waals surface area contributed by atoms with Gasteiger partial charge in [-0.25, -0.2) is 0 Å². The number of aliphatic hydroxyl groups is 1. The topological polar surface area (TPSA) is 49.8 Å². The van der Waals surface area contributed by atoms with E-state index in [2.05, 4.69) is 0 Å². The van der Waals surface area contributed by atoms with Gasteiger partial charge in [0.25, 0.3) is 0 Å². The van der Waals surface area contributed by atoms with Gasteiger partial charge in [0.15, 0.2) is 0 Å². The summed E-state index contributed by atoms with van der Waals surface area (Å²) in [5.74, 6) is 0.0426. The van der Waals surface area contributed by atoms with Gasteiger partial charge in [-0.1, -0.05) is 30.3 Å². The Labute approximate surface area is 114 Å². The lowest BCUT2D eigenvalue weighted by Crippen LogP contribution is -2.55. The summed E-state index contributed by atoms with van der Waals surface area (Å²) in [6.07, 6.45) is 0. The van der Waals surface area contributed by atoms with Crippen LogP contribution in [0, 0.1) is 0 Å². The maximum atomic E-state index is 12.7. The zero-order chi connectivity index (χ0) is 13.9. The molecule has 0 saturated carbocycles. The van der Waals surface area contributed by atoms with Crippen molar-refractivity contribution in [3.63, 3.8) is 0 Å². The van der Waals surface area contributed by atoms with Crippen molar-refractivity contribution in [2.75, 3.05) is 26.4 Å². The number of benzene rings is 1. The van der Waals surface area contributed by atoms with E-state index in [0.717, 1.165) is 5.56 Å². The van der Waals surface area contributed by atoms with Gasteiger partial charge in [0.2, 0.25) is 5.91 Å². The van der Waals surface area contributed by atoms with Crippen LogP contribution in [0.1, 0.15) is 19.4 Å². The second-order valence-electron chi connectivity index (χ2n) is 5.40. The van der Waals surface area contributed by atoms with Gasteiger partial charge in [-0.15, -0.1) is 0 Å². The molecule has 4 heteroatoms. The van der Waals surface area contributed by atoms with E-state index in [1.807, 2.05) is 44.2 Å². The highest BCUT2D eigenvalue weighted by Crippen LogP contribution is 2.27. The van der Waals surface area contributed by atoms with Crippen LogP contribution in [0.25, 0.3) is 0 Å². The molecule has 0 aliphatic carbocycles. The summed E-state index contributed by atoms with van der Waals surface area (Å²) >= 11 is 0. The zero-order valence-corrected chi connectivity index (χ0v) is 11.5. The SMILES string of the molecule is CC(C)(C(=O)N1CCOCC1CO)c1ccccc1. The molecule has 1 unspecified atom stereocenters. The van der Waals surface area contributed by atoms with Crippen LogP contribution < -0.4 is 0 Å². The van der Waals surface area contributed by atoms with Gasteiger partial charge in [0.05, 0.1) is 31.3 Å². The van der Waals surface area contributed by atoms with E-state index < -0.39 is 5.41 Å². The molecule has 1 atom stereocenters. The lowest BCUT2D eigenvalue weighted by Gasteiger charge is -2.39. The lowest BCUT2D eigenvalue weighted by molar-refractivity contribution is -0.146. The van der Waals surface area contributed by atoms with Gasteiger partial charge in [0.1, 0.15) is 0 Å². The molecule has 1 fully saturated rings. The van der Waals surface area contributed by atoms with E-state index in [9.17, 15) is 9.90 Å². The number of hydrogen-bond donors (Lipinski definition) is 1. The third kappa shape index (κ3) is 2.80. The van der Waals surface area contributed by atoms with Gasteiger partial charge in [-0.05, 0) is 19.4 Å². The molecule has 0 radical (unpaired) electrons. The summed E-state index contributed by atoms with van der Waals surface area (Å²) in [5.41, 5.74) is 0.398. The molecule has 1 heterocycles. The minimum absolute atomic E-state index is 0.0426. The molecule has 1 saturated heterocycles. The molecule has 1 aliphatic rings. The molecule has 0 spiro atoms. The Balaban J connectivity index is 2.22. The Morgan fingerprint density at radius 2 is 2.11 bits per heavy atom. The van der Waals surface area contributed by atoms with Gasteiger partial charge < -0.3 is 14.7 Å². The van der Waals surface area contributed by atoms with Crippen LogP contribution in [-0.4, -0.2) is 48.3 Å². The maximum Gasteiger partial charge on any atom is 0.233 e. The quantitative estimate of drug-likeness (QED) is 0.891. The summed E-state index contributed by atoms with van der Waals surface area (Å²) in [6.45, 7) is 5.28. The van der Waals surface area contributed by atoms with Crippen molar-refractivity contribution >= 4 is 5.91 Å². The van der Waals surface area contributed by atoms with E-state index in [0.29, 0.717) is 19.8 Å². The van der Waals surface area contributed by atoms with Crippen LogP contribution in [0.2, 0.25) is 0 Å². The predicted molar refractivity (Wildman–Crippen MR) is 72.9 cm³/mol. The molecular weight excluding hydrogens is 242 g/mol. The fourth-order valence-electron chi connectivity index (χ4n) is 2.41. The highest BCUT2D eigenvalue weighted by atomic mass is 16.5. The van der Waals surface area contributed by atoms with Crippen LogP contribution in [0.4, 0.5) is 0 Å². The second kappa shape index (κ2) is 5.72. The summed E-state index contributed by atoms with van der Waals surface area (Å²) in [5, 5.41) is 9.37. The van der Waals surface area contributed by atoms with E-state index >= 15 is 0 Å². The Bertz CT molecular complexity index is 430. The number of ether oxygens (including phenoxy) is 1. The summed E-state index contributed by atoms with van der Waals surface area (Å²) in [4.78, 5) is 14.5. The van der Waals surface area contributed by atoms with Gasteiger partial charge in [-0.3, -0.25) is 4.79 Å². The first-order chi connectivity index (χ1) is 9.07. The van der Waals surface area contributed by atoms with Crippen LogP contribution in [-0.2, 0) is 14.9 Å². The van der Waals surface area contributed by atoms with Gasteiger partial charge >= 0.3 is 0 Å². The standard InChI is InChI=1S/C15H21NO3/c1-15(2,12-6-4-3-5-7-12)14(18)16-8-9-19-11-13(16)10-17/h3-7,13,17H,8-11H2,1-2H3. The van der Waals surface area contributed by atoms with Crippen molar-refractivity contribution < 1.29 is 14.6 Å². The third-order valence-electron chi connectivity index (χ3n) is 3.73. The molecule has 0 aromatic heterocycles. The van der Waals surface area contributed by atoms with Crippen LogP contribution in [0.5, 0.6) is 0 Å². The number of amides is 1. The number of carbonyl (C=O) groups is 1. The van der Waals surface area contributed by atoms with Crippen molar-refractivity contribution in [1.29, 1.82) is 0 Å². The van der Waals surface area contributed by atoms with Crippen molar-refractivity contribution in [3.05, 3.63) is 35.9 Å². The number of morpholine rings is 1. The molecule has 1 amide bonds. The fraction of sp³-hybridized carbons (Fsp3) is 0.533. The molecule has 4 nitrogen and oxygen atoms in total. The first-order valence-electron chi connectivity index (χ1n) is 6.62. The first kappa shape index (κ1) is 14.0. The van der Waals surface area contributed by atoms with Crippen molar-refractivity contribution in [1.82, 2.24) is 4.90 Å². The van der Waals surface area contributed by atoms with Crippen molar-refractivity contribution in [3.8, 4) is 0 Å². The monoisotopic (exact) mass is 263 g/mol. The molecule has 19 heavy (non-hydrogen) atoms. The zero-order valence-electron chi connectivity index (χ0n) is 11.5. The van der Waals surface area contributed by atoms with Crippen LogP contribution in [0.15, 0.2) is 30.3 Å². The highest BCUT2D eigenvalue weighted by Gasteiger charge is 2.37. The third-order valence-corrected chi connectivity index (χ3v) is 3.73. The Kier molecular flexibility index (Phi) is 4.22. The number of hydrogen-bond acceptors (Lipinski definition) is 3. The van der Waals surface area contributed by atoms with Gasteiger partial charge in [0, 0.05) is 6.54 Å². The average Bonchev–Trinajstić information content (AvgIpc) is 2.47. The van der Waals surface area contributed by atoms with Crippen LogP contribution in [0.3, 0.4) is 0 Å². The van der Waals surface area contributed by atoms with E-state index in [1.54, 1.807) is 4.90 Å². The van der Waals surface area contributed by atoms with Crippen molar-refractivity contribution in [2.45, 2.75) is 25.3 Å². The second-order valence-corrected chi connectivity index (χ2v) is 5.40. The number of aliphatic hydroxyl groups excluding tert-OH is 1. The average molecular weight is 263 g/mol. The first-order valence-corrected chi connectivity index (χ1v) is 6.62. The predicted octanol–water partition coefficient (Wildman–Crippen LogP) is 1.18.